The maximum absolute atomic E-state index is 13.1. The standard InChI is InChI=1S/C44H44Cl2N6O7S/c1-24-35-25(2)39(46)40(38(24)45)58-30(20-52-16-14-51(4)15-17-52)22-56-29-10-11-32(57-21-28-12-13-47-41(50-28)31-8-6-7-9-33(31)55-5)27(18-29)19-34(44(53)54)59-42-37-36(35)26(3)60-43(37)49-23-48-42/h6-13,18,23,30,34H,14-17,19-22H2,1-5H3,(H,53,54)/t30-,34-/m1/s1. The number of benzene rings is 3. The first-order valence-electron chi connectivity index (χ1n) is 19.5. The maximum atomic E-state index is 13.1. The number of ether oxygens (including phenoxy) is 5. The minimum Gasteiger partial charge on any atom is -0.496 e. The second-order valence-electron chi connectivity index (χ2n) is 14.9. The summed E-state index contributed by atoms with van der Waals surface area (Å²) in [6.45, 7) is 10.2. The summed E-state index contributed by atoms with van der Waals surface area (Å²) in [5, 5.41) is 12.0. The molecule has 1 N–H and O–H groups in total. The molecule has 3 aromatic heterocycles. The first kappa shape index (κ1) is 41.5. The van der Waals surface area contributed by atoms with Crippen LogP contribution in [0, 0.1) is 20.8 Å². The number of fused-ring (bicyclic) bond motifs is 7. The van der Waals surface area contributed by atoms with Gasteiger partial charge in [0.05, 0.1) is 33.8 Å². The van der Waals surface area contributed by atoms with Crippen LogP contribution in [0.1, 0.15) is 27.3 Å². The van der Waals surface area contributed by atoms with Crippen LogP contribution in [0.15, 0.2) is 61.1 Å². The molecule has 3 aromatic carbocycles. The van der Waals surface area contributed by atoms with Crippen molar-refractivity contribution in [3.05, 3.63) is 98.4 Å². The van der Waals surface area contributed by atoms with Crippen molar-refractivity contribution in [3.63, 3.8) is 0 Å². The fourth-order valence-corrected chi connectivity index (χ4v) is 9.17. The molecule has 3 aliphatic heterocycles. The first-order chi connectivity index (χ1) is 29.0. The molecule has 0 radical (unpaired) electrons. The lowest BCUT2D eigenvalue weighted by atomic mass is 9.93. The number of aryl methyl sites for hydroxylation is 1. The molecule has 0 amide bonds. The number of halogens is 2. The van der Waals surface area contributed by atoms with Gasteiger partial charge in [0, 0.05) is 61.3 Å². The van der Waals surface area contributed by atoms with E-state index in [9.17, 15) is 9.90 Å². The van der Waals surface area contributed by atoms with E-state index in [2.05, 4.69) is 31.8 Å². The highest BCUT2D eigenvalue weighted by Crippen LogP contribution is 2.50. The van der Waals surface area contributed by atoms with Gasteiger partial charge in [0.2, 0.25) is 12.0 Å². The van der Waals surface area contributed by atoms with Gasteiger partial charge in [-0.1, -0.05) is 35.3 Å². The Morgan fingerprint density at radius 2 is 1.72 bits per heavy atom. The van der Waals surface area contributed by atoms with Crippen molar-refractivity contribution in [3.8, 4) is 51.4 Å². The van der Waals surface area contributed by atoms with Crippen LogP contribution in [-0.2, 0) is 17.8 Å². The number of aliphatic carboxylic acids is 1. The van der Waals surface area contributed by atoms with E-state index in [4.69, 9.17) is 51.9 Å². The van der Waals surface area contributed by atoms with E-state index >= 15 is 0 Å². The Bertz CT molecular complexity index is 2540. The summed E-state index contributed by atoms with van der Waals surface area (Å²) >= 11 is 15.9. The summed E-state index contributed by atoms with van der Waals surface area (Å²) in [5.74, 6) is 1.35. The number of methoxy groups -OCH3 is 1. The molecule has 1 saturated heterocycles. The van der Waals surface area contributed by atoms with Gasteiger partial charge < -0.3 is 33.7 Å². The summed E-state index contributed by atoms with van der Waals surface area (Å²) in [6, 6.07) is 14.6. The molecule has 1 fully saturated rings. The van der Waals surface area contributed by atoms with Crippen molar-refractivity contribution >= 4 is 50.7 Å². The minimum absolute atomic E-state index is 0.0684. The fourth-order valence-electron chi connectivity index (χ4n) is 7.67. The first-order valence-corrected chi connectivity index (χ1v) is 21.1. The molecule has 0 aliphatic carbocycles. The number of carboxylic acids is 1. The van der Waals surface area contributed by atoms with Gasteiger partial charge in [0.25, 0.3) is 0 Å². The average Bonchev–Trinajstić information content (AvgIpc) is 3.59. The van der Waals surface area contributed by atoms with Crippen LogP contribution in [0.25, 0.3) is 32.7 Å². The molecule has 0 saturated carbocycles. The molecule has 16 heteroatoms. The van der Waals surface area contributed by atoms with E-state index in [0.29, 0.717) is 66.9 Å². The number of carboxylic acid groups (broad SMARTS) is 1. The van der Waals surface area contributed by atoms with Crippen LogP contribution in [0.4, 0.5) is 0 Å². The number of aromatic nitrogens is 4. The third kappa shape index (κ3) is 8.52. The van der Waals surface area contributed by atoms with Crippen LogP contribution in [0.2, 0.25) is 10.0 Å². The number of hydrogen-bond donors (Lipinski definition) is 1. The molecule has 6 heterocycles. The number of para-hydroxylation sites is 1. The van der Waals surface area contributed by atoms with Crippen LogP contribution < -0.4 is 23.7 Å². The zero-order valence-corrected chi connectivity index (χ0v) is 36.2. The van der Waals surface area contributed by atoms with Crippen molar-refractivity contribution in [2.75, 3.05) is 53.5 Å². The predicted octanol–water partition coefficient (Wildman–Crippen LogP) is 8.10. The lowest BCUT2D eigenvalue weighted by Gasteiger charge is -2.35. The van der Waals surface area contributed by atoms with Gasteiger partial charge in [-0.2, -0.15) is 0 Å². The zero-order chi connectivity index (χ0) is 42.1. The summed E-state index contributed by atoms with van der Waals surface area (Å²) in [6.07, 6.45) is 1.09. The second-order valence-corrected chi connectivity index (χ2v) is 16.9. The molecule has 2 atom stereocenters. The molecule has 9 rings (SSSR count). The highest BCUT2D eigenvalue weighted by Gasteiger charge is 2.31. The molecule has 0 unspecified atom stereocenters. The third-order valence-corrected chi connectivity index (χ3v) is 12.8. The zero-order valence-electron chi connectivity index (χ0n) is 33.8. The Labute approximate surface area is 361 Å². The van der Waals surface area contributed by atoms with Gasteiger partial charge in [0.15, 0.2) is 11.6 Å². The van der Waals surface area contributed by atoms with Crippen molar-refractivity contribution in [2.45, 2.75) is 46.0 Å². The van der Waals surface area contributed by atoms with E-state index in [-0.39, 0.29) is 25.5 Å². The molecule has 6 aromatic rings. The summed E-state index contributed by atoms with van der Waals surface area (Å²) in [7, 11) is 3.71. The van der Waals surface area contributed by atoms with Gasteiger partial charge in [-0.15, -0.1) is 11.3 Å². The summed E-state index contributed by atoms with van der Waals surface area (Å²) in [4.78, 5) is 37.6. The summed E-state index contributed by atoms with van der Waals surface area (Å²) in [5.41, 5.74) is 4.93. The number of nitrogens with zero attached hydrogens (tertiary/aromatic N) is 6. The quantitative estimate of drug-likeness (QED) is 0.158. The number of hydrogen-bond acceptors (Lipinski definition) is 13. The van der Waals surface area contributed by atoms with E-state index in [1.807, 2.05) is 45.0 Å². The second kappa shape index (κ2) is 17.8. The average molecular weight is 872 g/mol. The molecular formula is C44H44Cl2N6O7S. The molecule has 0 spiro atoms. The van der Waals surface area contributed by atoms with E-state index < -0.39 is 18.2 Å². The minimum atomic E-state index is -1.38. The Hall–Kier alpha value is -5.25. The van der Waals surface area contributed by atoms with Crippen molar-refractivity contribution in [2.24, 2.45) is 0 Å². The number of likely N-dealkylation sites (N-methyl/N-ethyl adjacent to an activating group) is 1. The van der Waals surface area contributed by atoms with Gasteiger partial charge in [-0.05, 0) is 80.9 Å². The monoisotopic (exact) mass is 870 g/mol. The predicted molar refractivity (Wildman–Crippen MR) is 231 cm³/mol. The Morgan fingerprint density at radius 1 is 0.950 bits per heavy atom. The van der Waals surface area contributed by atoms with Crippen molar-refractivity contribution < 1.29 is 33.6 Å². The van der Waals surface area contributed by atoms with E-state index in [1.165, 1.54) is 17.7 Å². The largest absolute Gasteiger partial charge is 0.496 e. The third-order valence-electron chi connectivity index (χ3n) is 10.9. The number of rotatable bonds is 8. The van der Waals surface area contributed by atoms with Crippen LogP contribution in [-0.4, -0.2) is 107 Å². The fraction of sp³-hybridized carbons (Fsp3) is 0.341. The topological polar surface area (TPSA) is 141 Å². The molecule has 3 aliphatic rings. The van der Waals surface area contributed by atoms with Crippen LogP contribution >= 0.6 is 34.5 Å². The highest BCUT2D eigenvalue weighted by molar-refractivity contribution is 7.19. The molecule has 4 bridgehead atoms. The lowest BCUT2D eigenvalue weighted by Crippen LogP contribution is -2.49. The summed E-state index contributed by atoms with van der Waals surface area (Å²) < 4.78 is 31.6. The molecule has 312 valence electrons. The molecule has 13 nitrogen and oxygen atoms in total. The van der Waals surface area contributed by atoms with Gasteiger partial charge in [-0.3, -0.25) is 4.90 Å². The SMILES string of the molecule is COc1ccccc1-c1nccc(COc2ccc3cc2C[C@H](C(=O)O)Oc2ncnc4sc(C)c(c24)-c2c(C)c(Cl)c(c(Cl)c2C)O[C@H](CN2CCN(C)CC2)CO3)n1. The normalized spacial score (nSPS) is 17.4. The van der Waals surface area contributed by atoms with E-state index in [1.54, 1.807) is 37.6 Å². The van der Waals surface area contributed by atoms with Gasteiger partial charge in [0.1, 0.15) is 47.7 Å². The van der Waals surface area contributed by atoms with Crippen LogP contribution in [0.3, 0.4) is 0 Å². The Morgan fingerprint density at radius 3 is 2.47 bits per heavy atom. The highest BCUT2D eigenvalue weighted by atomic mass is 35.5. The van der Waals surface area contributed by atoms with Crippen LogP contribution in [0.5, 0.6) is 28.9 Å². The molecular weight excluding hydrogens is 827 g/mol. The Kier molecular flexibility index (Phi) is 12.3. The maximum Gasteiger partial charge on any atom is 0.345 e. The van der Waals surface area contributed by atoms with Crippen molar-refractivity contribution in [1.29, 1.82) is 0 Å². The molecule has 60 heavy (non-hydrogen) atoms. The number of piperazine rings is 1. The number of thiophene rings is 1. The number of carbonyl (C=O) groups is 1. The lowest BCUT2D eigenvalue weighted by molar-refractivity contribution is -0.145. The van der Waals surface area contributed by atoms with Gasteiger partial charge >= 0.3 is 5.97 Å². The van der Waals surface area contributed by atoms with Gasteiger partial charge in [-0.25, -0.2) is 24.7 Å². The van der Waals surface area contributed by atoms with E-state index in [0.717, 1.165) is 58.9 Å². The Balaban J connectivity index is 1.20. The van der Waals surface area contributed by atoms with Crippen molar-refractivity contribution in [1.82, 2.24) is 29.7 Å². The smallest absolute Gasteiger partial charge is 0.345 e.